The quantitative estimate of drug-likeness (QED) is 0.483. The molecule has 4 rings (SSSR count). The molecule has 1 fully saturated rings. The van der Waals surface area contributed by atoms with Crippen molar-refractivity contribution in [3.63, 3.8) is 0 Å². The van der Waals surface area contributed by atoms with Crippen LogP contribution in [-0.2, 0) is 16.6 Å². The van der Waals surface area contributed by atoms with E-state index in [1.165, 1.54) is 36.1 Å². The summed E-state index contributed by atoms with van der Waals surface area (Å²) in [5.74, 6) is 1.03. The lowest BCUT2D eigenvalue weighted by Gasteiger charge is -2.37. The maximum atomic E-state index is 12.9. The van der Waals surface area contributed by atoms with E-state index in [0.717, 1.165) is 31.8 Å². The highest BCUT2D eigenvalue weighted by Crippen LogP contribution is 2.26. The predicted octanol–water partition coefficient (Wildman–Crippen LogP) is 3.96. The molecule has 7 nitrogen and oxygen atoms in total. The highest BCUT2D eigenvalue weighted by atomic mass is 32.2. The van der Waals surface area contributed by atoms with E-state index in [4.69, 9.17) is 4.42 Å². The zero-order chi connectivity index (χ0) is 24.0. The van der Waals surface area contributed by atoms with Gasteiger partial charge in [-0.1, -0.05) is 37.3 Å². The molecule has 34 heavy (non-hydrogen) atoms. The highest BCUT2D eigenvalue weighted by molar-refractivity contribution is 7.89. The third kappa shape index (κ3) is 6.14. The Balaban J connectivity index is 1.39. The third-order valence-electron chi connectivity index (χ3n) is 6.34. The van der Waals surface area contributed by atoms with Gasteiger partial charge in [0.2, 0.25) is 10.0 Å². The lowest BCUT2D eigenvalue weighted by Crippen LogP contribution is -2.42. The number of hydrogen-bond donors (Lipinski definition) is 2. The molecule has 1 saturated heterocycles. The number of hydrogen-bond acceptors (Lipinski definition) is 5. The van der Waals surface area contributed by atoms with Crippen LogP contribution in [0.3, 0.4) is 0 Å². The van der Waals surface area contributed by atoms with Crippen LogP contribution in [0.15, 0.2) is 82.3 Å². The molecule has 0 spiro atoms. The third-order valence-corrected chi connectivity index (χ3v) is 7.76. The minimum Gasteiger partial charge on any atom is -0.468 e. The number of likely N-dealkylation sites (tertiary alicyclic amines) is 1. The summed E-state index contributed by atoms with van der Waals surface area (Å²) >= 11 is 0. The summed E-state index contributed by atoms with van der Waals surface area (Å²) in [6, 6.07) is 19.7. The van der Waals surface area contributed by atoms with Crippen molar-refractivity contribution in [2.45, 2.75) is 37.2 Å². The second-order valence-electron chi connectivity index (χ2n) is 8.78. The minimum absolute atomic E-state index is 0.0632. The molecular formula is C26H31N3O4S. The van der Waals surface area contributed by atoms with Crippen LogP contribution < -0.4 is 10.0 Å². The average Bonchev–Trinajstić information content (AvgIpc) is 3.39. The lowest BCUT2D eigenvalue weighted by molar-refractivity contribution is 0.0913. The number of sulfonamides is 1. The molecular weight excluding hydrogens is 450 g/mol. The van der Waals surface area contributed by atoms with Crippen LogP contribution in [-0.4, -0.2) is 38.9 Å². The summed E-state index contributed by atoms with van der Waals surface area (Å²) in [4.78, 5) is 15.4. The van der Waals surface area contributed by atoms with E-state index in [1.807, 2.05) is 18.2 Å². The van der Waals surface area contributed by atoms with Crippen molar-refractivity contribution in [2.75, 3.05) is 19.6 Å². The van der Waals surface area contributed by atoms with Gasteiger partial charge < -0.3 is 9.73 Å². The monoisotopic (exact) mass is 481 g/mol. The van der Waals surface area contributed by atoms with Gasteiger partial charge in [0.05, 0.1) is 23.7 Å². The molecule has 3 aromatic rings. The van der Waals surface area contributed by atoms with Crippen molar-refractivity contribution in [1.29, 1.82) is 0 Å². The Kier molecular flexibility index (Phi) is 7.82. The number of nitrogens with zero attached hydrogens (tertiary/aromatic N) is 1. The molecule has 2 aromatic carbocycles. The van der Waals surface area contributed by atoms with E-state index in [0.29, 0.717) is 17.9 Å². The van der Waals surface area contributed by atoms with Crippen LogP contribution in [0.1, 0.15) is 47.5 Å². The van der Waals surface area contributed by atoms with E-state index in [9.17, 15) is 13.2 Å². The van der Waals surface area contributed by atoms with Crippen molar-refractivity contribution in [3.8, 4) is 0 Å². The van der Waals surface area contributed by atoms with Crippen molar-refractivity contribution in [2.24, 2.45) is 5.92 Å². The predicted molar refractivity (Wildman–Crippen MR) is 131 cm³/mol. The maximum absolute atomic E-state index is 12.9. The maximum Gasteiger partial charge on any atom is 0.251 e. The minimum atomic E-state index is -3.71. The zero-order valence-electron chi connectivity index (χ0n) is 19.3. The first-order chi connectivity index (χ1) is 16.4. The van der Waals surface area contributed by atoms with Crippen molar-refractivity contribution in [3.05, 3.63) is 89.9 Å². The van der Waals surface area contributed by atoms with Gasteiger partial charge in [-0.3, -0.25) is 9.69 Å². The Labute approximate surface area is 201 Å². The highest BCUT2D eigenvalue weighted by Gasteiger charge is 2.25. The summed E-state index contributed by atoms with van der Waals surface area (Å²) in [6.45, 7) is 4.85. The number of benzene rings is 2. The molecule has 0 aliphatic carbocycles. The molecule has 1 aliphatic rings. The molecule has 8 heteroatoms. The fourth-order valence-corrected chi connectivity index (χ4v) is 5.21. The van der Waals surface area contributed by atoms with Crippen LogP contribution in [0.5, 0.6) is 0 Å². The van der Waals surface area contributed by atoms with Crippen LogP contribution >= 0.6 is 0 Å². The molecule has 2 heterocycles. The number of piperidine rings is 1. The second kappa shape index (κ2) is 11.0. The lowest BCUT2D eigenvalue weighted by atomic mass is 9.95. The Bertz CT molecular complexity index is 1150. The Morgan fingerprint density at radius 1 is 1.03 bits per heavy atom. The molecule has 1 amide bonds. The molecule has 1 aromatic heterocycles. The van der Waals surface area contributed by atoms with Gasteiger partial charge in [0.15, 0.2) is 0 Å². The van der Waals surface area contributed by atoms with E-state index >= 15 is 0 Å². The number of rotatable bonds is 9. The molecule has 180 valence electrons. The van der Waals surface area contributed by atoms with Crippen molar-refractivity contribution >= 4 is 15.9 Å². The van der Waals surface area contributed by atoms with Gasteiger partial charge in [-0.05, 0) is 73.8 Å². The van der Waals surface area contributed by atoms with E-state index in [-0.39, 0.29) is 23.4 Å². The summed E-state index contributed by atoms with van der Waals surface area (Å²) in [5, 5.41) is 3.05. The van der Waals surface area contributed by atoms with E-state index < -0.39 is 10.0 Å². The Hall–Kier alpha value is -2.94. The van der Waals surface area contributed by atoms with Crippen LogP contribution in [0, 0.1) is 5.92 Å². The van der Waals surface area contributed by atoms with Gasteiger partial charge in [0, 0.05) is 12.1 Å². The summed E-state index contributed by atoms with van der Waals surface area (Å²) in [7, 11) is -3.71. The summed E-state index contributed by atoms with van der Waals surface area (Å²) in [6.07, 6.45) is 3.80. The number of nitrogens with one attached hydrogen (secondary N) is 2. The Morgan fingerprint density at radius 3 is 2.38 bits per heavy atom. The zero-order valence-corrected chi connectivity index (χ0v) is 20.1. The van der Waals surface area contributed by atoms with Gasteiger partial charge in [0.25, 0.3) is 5.91 Å². The van der Waals surface area contributed by atoms with Crippen LogP contribution in [0.25, 0.3) is 0 Å². The second-order valence-corrected chi connectivity index (χ2v) is 10.6. The van der Waals surface area contributed by atoms with Gasteiger partial charge in [-0.25, -0.2) is 13.1 Å². The first-order valence-electron chi connectivity index (χ1n) is 11.6. The van der Waals surface area contributed by atoms with Gasteiger partial charge >= 0.3 is 0 Å². The topological polar surface area (TPSA) is 91.7 Å². The Morgan fingerprint density at radius 2 is 1.74 bits per heavy atom. The van der Waals surface area contributed by atoms with E-state index in [2.05, 4.69) is 34.0 Å². The summed E-state index contributed by atoms with van der Waals surface area (Å²) < 4.78 is 32.7. The number of carbonyl (C=O) groups is 1. The van der Waals surface area contributed by atoms with Crippen LogP contribution in [0.2, 0.25) is 0 Å². The normalized spacial score (nSPS) is 16.3. The number of furan rings is 1. The fraction of sp³-hybridized carbons (Fsp3) is 0.346. The first-order valence-corrected chi connectivity index (χ1v) is 13.1. The van der Waals surface area contributed by atoms with Crippen molar-refractivity contribution < 1.29 is 17.6 Å². The van der Waals surface area contributed by atoms with E-state index in [1.54, 1.807) is 12.1 Å². The fourth-order valence-electron chi connectivity index (χ4n) is 4.21. The number of carbonyl (C=O) groups excluding carboxylic acids is 1. The average molecular weight is 482 g/mol. The molecule has 2 N–H and O–H groups in total. The van der Waals surface area contributed by atoms with Crippen LogP contribution in [0.4, 0.5) is 0 Å². The van der Waals surface area contributed by atoms with Gasteiger partial charge in [-0.2, -0.15) is 0 Å². The smallest absolute Gasteiger partial charge is 0.251 e. The molecule has 0 saturated carbocycles. The van der Waals surface area contributed by atoms with Gasteiger partial charge in [0.1, 0.15) is 5.76 Å². The first kappa shape index (κ1) is 24.2. The van der Waals surface area contributed by atoms with Gasteiger partial charge in [-0.15, -0.1) is 0 Å². The summed E-state index contributed by atoms with van der Waals surface area (Å²) in [5.41, 5.74) is 1.60. The molecule has 1 atom stereocenters. The standard InChI is InChI=1S/C26H31N3O4S/c1-20-13-15-29(16-14-20)25(21-6-3-2-4-7-21)19-27-26(30)22-9-11-24(12-10-22)34(31,32)28-18-23-8-5-17-33-23/h2-12,17,20,25,28H,13-16,18-19H2,1H3,(H,27,30). The SMILES string of the molecule is CC1CCN(C(CNC(=O)c2ccc(S(=O)(=O)NCc3ccco3)cc2)c2ccccc2)CC1. The molecule has 0 radical (unpaired) electrons. The molecule has 0 bridgehead atoms. The molecule has 1 aliphatic heterocycles. The molecule has 1 unspecified atom stereocenters. The largest absolute Gasteiger partial charge is 0.468 e. The van der Waals surface area contributed by atoms with Crippen molar-refractivity contribution in [1.82, 2.24) is 14.9 Å². The number of amides is 1.